The monoisotopic (exact) mass is 278 g/mol. The highest BCUT2D eigenvalue weighted by molar-refractivity contribution is 7.12. The molecular weight excluding hydrogens is 268 g/mol. The molecule has 0 fully saturated rings. The summed E-state index contributed by atoms with van der Waals surface area (Å²) in [6, 6.07) is 9.32. The van der Waals surface area contributed by atoms with Crippen molar-refractivity contribution in [3.8, 4) is 11.8 Å². The van der Waals surface area contributed by atoms with E-state index in [2.05, 4.69) is 11.1 Å². The minimum atomic E-state index is 0.376. The normalized spacial score (nSPS) is 10.1. The molecule has 0 N–H and O–H groups in total. The molecule has 1 heterocycles. The summed E-state index contributed by atoms with van der Waals surface area (Å²) < 4.78 is 5.58. The fourth-order valence-corrected chi connectivity index (χ4v) is 2.45. The number of aryl methyl sites for hydroxylation is 1. The topological polar surface area (TPSA) is 45.9 Å². The quantitative estimate of drug-likeness (QED) is 0.854. The van der Waals surface area contributed by atoms with Crippen LogP contribution in [0.1, 0.15) is 22.5 Å². The van der Waals surface area contributed by atoms with Gasteiger partial charge < -0.3 is 4.74 Å². The first-order valence-corrected chi connectivity index (χ1v) is 6.69. The van der Waals surface area contributed by atoms with Crippen molar-refractivity contribution in [2.75, 3.05) is 0 Å². The second kappa shape index (κ2) is 5.85. The fourth-order valence-electron chi connectivity index (χ4n) is 1.47. The number of rotatable bonds is 4. The van der Waals surface area contributed by atoms with Crippen LogP contribution in [0.4, 0.5) is 0 Å². The minimum Gasteiger partial charge on any atom is -0.486 e. The lowest BCUT2D eigenvalue weighted by Gasteiger charge is -2.03. The van der Waals surface area contributed by atoms with E-state index in [1.165, 1.54) is 11.3 Å². The lowest BCUT2D eigenvalue weighted by molar-refractivity contribution is 0.305. The van der Waals surface area contributed by atoms with Crippen LogP contribution in [-0.2, 0) is 13.0 Å². The molecule has 0 unspecified atom stereocenters. The van der Waals surface area contributed by atoms with Crippen molar-refractivity contribution in [3.63, 3.8) is 0 Å². The van der Waals surface area contributed by atoms with Crippen molar-refractivity contribution in [2.24, 2.45) is 0 Å². The maximum atomic E-state index is 8.94. The van der Waals surface area contributed by atoms with Gasteiger partial charge >= 0.3 is 0 Å². The van der Waals surface area contributed by atoms with Crippen molar-refractivity contribution in [1.82, 2.24) is 4.98 Å². The lowest BCUT2D eigenvalue weighted by Crippen LogP contribution is -1.95. The number of hydrogen-bond donors (Lipinski definition) is 0. The molecular formula is C13H11ClN2OS. The Bertz CT molecular complexity index is 572. The molecule has 5 heteroatoms. The highest BCUT2D eigenvalue weighted by Crippen LogP contribution is 2.21. The Morgan fingerprint density at radius 2 is 2.11 bits per heavy atom. The molecule has 0 aliphatic heterocycles. The Hall–Kier alpha value is -1.57. The summed E-state index contributed by atoms with van der Waals surface area (Å²) in [5.74, 6) is 0.742. The average molecular weight is 279 g/mol. The number of ether oxygens (including phenoxy) is 1. The van der Waals surface area contributed by atoms with E-state index >= 15 is 0 Å². The SMILES string of the molecule is CCc1nc(COc2ccc(Cl)cc2)sc1C#N. The number of thiazole rings is 1. The van der Waals surface area contributed by atoms with E-state index in [-0.39, 0.29) is 0 Å². The molecule has 1 aromatic heterocycles. The molecule has 1 aromatic carbocycles. The molecule has 0 saturated carbocycles. The standard InChI is InChI=1S/C13H11ClN2OS/c1-2-11-12(7-15)18-13(16-11)8-17-10-5-3-9(14)4-6-10/h3-6H,2,8H2,1H3. The largest absolute Gasteiger partial charge is 0.486 e. The molecule has 0 radical (unpaired) electrons. The number of aromatic nitrogens is 1. The third-order valence-corrected chi connectivity index (χ3v) is 3.58. The molecule has 0 atom stereocenters. The Morgan fingerprint density at radius 3 is 2.67 bits per heavy atom. The van der Waals surface area contributed by atoms with Gasteiger partial charge in [-0.05, 0) is 30.7 Å². The first-order chi connectivity index (χ1) is 8.72. The maximum Gasteiger partial charge on any atom is 0.140 e. The highest BCUT2D eigenvalue weighted by Gasteiger charge is 2.09. The van der Waals surface area contributed by atoms with Crippen LogP contribution in [0.25, 0.3) is 0 Å². The van der Waals surface area contributed by atoms with Crippen molar-refractivity contribution in [3.05, 3.63) is 44.9 Å². The van der Waals surface area contributed by atoms with Gasteiger partial charge in [0.25, 0.3) is 0 Å². The molecule has 2 rings (SSSR count). The fraction of sp³-hybridized carbons (Fsp3) is 0.231. The third kappa shape index (κ3) is 3.00. The molecule has 3 nitrogen and oxygen atoms in total. The number of nitrogens with zero attached hydrogens (tertiary/aromatic N) is 2. The molecule has 2 aromatic rings. The number of benzene rings is 1. The van der Waals surface area contributed by atoms with E-state index < -0.39 is 0 Å². The van der Waals surface area contributed by atoms with Gasteiger partial charge in [0.15, 0.2) is 0 Å². The summed E-state index contributed by atoms with van der Waals surface area (Å²) in [6.07, 6.45) is 0.764. The number of hydrogen-bond acceptors (Lipinski definition) is 4. The summed E-state index contributed by atoms with van der Waals surface area (Å²) in [7, 11) is 0. The summed E-state index contributed by atoms with van der Waals surface area (Å²) >= 11 is 7.17. The van der Waals surface area contributed by atoms with Crippen LogP contribution >= 0.6 is 22.9 Å². The van der Waals surface area contributed by atoms with Crippen LogP contribution in [0.5, 0.6) is 5.75 Å². The zero-order valence-corrected chi connectivity index (χ0v) is 11.4. The zero-order chi connectivity index (χ0) is 13.0. The molecule has 0 aliphatic carbocycles. The van der Waals surface area contributed by atoms with Gasteiger partial charge in [-0.2, -0.15) is 5.26 Å². The lowest BCUT2D eigenvalue weighted by atomic mass is 10.3. The van der Waals surface area contributed by atoms with Crippen LogP contribution in [0, 0.1) is 11.3 Å². The zero-order valence-electron chi connectivity index (χ0n) is 9.81. The van der Waals surface area contributed by atoms with Gasteiger partial charge in [-0.1, -0.05) is 18.5 Å². The summed E-state index contributed by atoms with van der Waals surface area (Å²) in [5.41, 5.74) is 0.845. The van der Waals surface area contributed by atoms with E-state index in [4.69, 9.17) is 21.6 Å². The smallest absolute Gasteiger partial charge is 0.140 e. The van der Waals surface area contributed by atoms with Gasteiger partial charge in [0.1, 0.15) is 28.3 Å². The minimum absolute atomic E-state index is 0.376. The van der Waals surface area contributed by atoms with Gasteiger partial charge in [-0.15, -0.1) is 11.3 Å². The van der Waals surface area contributed by atoms with Crippen LogP contribution in [0.2, 0.25) is 5.02 Å². The number of halogens is 1. The Kier molecular flexibility index (Phi) is 4.19. The van der Waals surface area contributed by atoms with E-state index in [1.807, 2.05) is 19.1 Å². The molecule has 18 heavy (non-hydrogen) atoms. The van der Waals surface area contributed by atoms with E-state index in [0.717, 1.165) is 22.9 Å². The van der Waals surface area contributed by atoms with Gasteiger partial charge in [-0.3, -0.25) is 0 Å². The second-order valence-electron chi connectivity index (χ2n) is 3.59. The van der Waals surface area contributed by atoms with E-state index in [0.29, 0.717) is 16.5 Å². The maximum absolute atomic E-state index is 8.94. The highest BCUT2D eigenvalue weighted by atomic mass is 35.5. The summed E-state index contributed by atoms with van der Waals surface area (Å²) in [5, 5.41) is 10.4. The predicted molar refractivity (Wildman–Crippen MR) is 72.0 cm³/mol. The average Bonchev–Trinajstić information content (AvgIpc) is 2.80. The van der Waals surface area contributed by atoms with Crippen LogP contribution in [0.3, 0.4) is 0 Å². The summed E-state index contributed by atoms with van der Waals surface area (Å²) in [6.45, 7) is 2.36. The predicted octanol–water partition coefficient (Wildman–Crippen LogP) is 3.81. The number of nitriles is 1. The molecule has 0 aliphatic rings. The van der Waals surface area contributed by atoms with E-state index in [1.54, 1.807) is 12.1 Å². The Labute approximate surface area is 115 Å². The third-order valence-electron chi connectivity index (χ3n) is 2.35. The Morgan fingerprint density at radius 1 is 1.39 bits per heavy atom. The molecule has 0 saturated heterocycles. The first-order valence-electron chi connectivity index (χ1n) is 5.50. The van der Waals surface area contributed by atoms with Crippen LogP contribution in [-0.4, -0.2) is 4.98 Å². The van der Waals surface area contributed by atoms with Crippen molar-refractivity contribution in [2.45, 2.75) is 20.0 Å². The molecule has 92 valence electrons. The second-order valence-corrected chi connectivity index (χ2v) is 5.11. The Balaban J connectivity index is 2.04. The van der Waals surface area contributed by atoms with E-state index in [9.17, 15) is 0 Å². The molecule has 0 bridgehead atoms. The van der Waals surface area contributed by atoms with Gasteiger partial charge in [0, 0.05) is 5.02 Å². The van der Waals surface area contributed by atoms with Gasteiger partial charge in [0.2, 0.25) is 0 Å². The first kappa shape index (κ1) is 12.9. The van der Waals surface area contributed by atoms with Crippen molar-refractivity contribution >= 4 is 22.9 Å². The van der Waals surface area contributed by atoms with Gasteiger partial charge in [0.05, 0.1) is 5.69 Å². The summed E-state index contributed by atoms with van der Waals surface area (Å²) in [4.78, 5) is 5.05. The van der Waals surface area contributed by atoms with Crippen molar-refractivity contribution in [1.29, 1.82) is 5.26 Å². The van der Waals surface area contributed by atoms with Crippen LogP contribution < -0.4 is 4.74 Å². The van der Waals surface area contributed by atoms with Crippen molar-refractivity contribution < 1.29 is 4.74 Å². The van der Waals surface area contributed by atoms with Crippen LogP contribution in [0.15, 0.2) is 24.3 Å². The van der Waals surface area contributed by atoms with Gasteiger partial charge in [-0.25, -0.2) is 4.98 Å². The molecule has 0 spiro atoms. The molecule has 0 amide bonds.